The first-order chi connectivity index (χ1) is 9.52. The van der Waals surface area contributed by atoms with E-state index in [-0.39, 0.29) is 11.1 Å². The van der Waals surface area contributed by atoms with Crippen molar-refractivity contribution < 1.29 is 4.39 Å². The predicted octanol–water partition coefficient (Wildman–Crippen LogP) is 5.47. The number of hydrogen-bond acceptors (Lipinski definition) is 1. The van der Waals surface area contributed by atoms with Crippen LogP contribution in [0.2, 0.25) is 10.0 Å². The van der Waals surface area contributed by atoms with Gasteiger partial charge in [0, 0.05) is 11.1 Å². The summed E-state index contributed by atoms with van der Waals surface area (Å²) in [5.41, 5.74) is 2.82. The Morgan fingerprint density at radius 1 is 1.05 bits per heavy atom. The Kier molecular flexibility index (Phi) is 5.03. The summed E-state index contributed by atoms with van der Waals surface area (Å²) in [6.07, 6.45) is 0. The van der Waals surface area contributed by atoms with Crippen LogP contribution < -0.4 is 5.32 Å². The van der Waals surface area contributed by atoms with Gasteiger partial charge in [0.2, 0.25) is 0 Å². The first kappa shape index (κ1) is 15.3. The second-order valence-corrected chi connectivity index (χ2v) is 5.46. The van der Waals surface area contributed by atoms with Crippen molar-refractivity contribution in [2.45, 2.75) is 19.9 Å². The fourth-order valence-electron chi connectivity index (χ4n) is 2.15. The molecule has 1 atom stereocenters. The minimum atomic E-state index is -0.418. The number of rotatable bonds is 4. The van der Waals surface area contributed by atoms with Crippen LogP contribution in [-0.4, -0.2) is 6.54 Å². The standard InChI is InChI=1S/C16H16Cl2FN/c1-3-20-10(2)13-6-4-11(8-14(13)17)12-5-7-16(19)15(18)9-12/h4-10,20H,3H2,1-2H3. The second kappa shape index (κ2) is 6.57. The Hall–Kier alpha value is -1.09. The lowest BCUT2D eigenvalue weighted by Gasteiger charge is -2.15. The van der Waals surface area contributed by atoms with Crippen molar-refractivity contribution in [1.82, 2.24) is 5.32 Å². The lowest BCUT2D eigenvalue weighted by atomic mass is 10.0. The molecule has 0 aliphatic heterocycles. The Balaban J connectivity index is 2.35. The molecular formula is C16H16Cl2FN. The van der Waals surface area contributed by atoms with Crippen molar-refractivity contribution in [3.8, 4) is 11.1 Å². The zero-order valence-corrected chi connectivity index (χ0v) is 12.9. The van der Waals surface area contributed by atoms with Gasteiger partial charge in [-0.25, -0.2) is 4.39 Å². The average molecular weight is 312 g/mol. The van der Waals surface area contributed by atoms with Crippen LogP contribution in [0.4, 0.5) is 4.39 Å². The molecule has 2 aromatic carbocycles. The Morgan fingerprint density at radius 2 is 1.65 bits per heavy atom. The lowest BCUT2D eigenvalue weighted by molar-refractivity contribution is 0.598. The van der Waals surface area contributed by atoms with Gasteiger partial charge in [0.25, 0.3) is 0 Å². The monoisotopic (exact) mass is 311 g/mol. The largest absolute Gasteiger partial charge is 0.310 e. The molecule has 1 unspecified atom stereocenters. The van der Waals surface area contributed by atoms with Crippen LogP contribution in [0.5, 0.6) is 0 Å². The van der Waals surface area contributed by atoms with Gasteiger partial charge in [-0.15, -0.1) is 0 Å². The van der Waals surface area contributed by atoms with E-state index < -0.39 is 5.82 Å². The third kappa shape index (κ3) is 3.32. The second-order valence-electron chi connectivity index (χ2n) is 4.64. The van der Waals surface area contributed by atoms with E-state index in [0.717, 1.165) is 23.2 Å². The van der Waals surface area contributed by atoms with Crippen molar-refractivity contribution in [2.75, 3.05) is 6.54 Å². The van der Waals surface area contributed by atoms with Gasteiger partial charge in [-0.1, -0.05) is 48.3 Å². The number of nitrogens with one attached hydrogen (secondary N) is 1. The van der Waals surface area contributed by atoms with Crippen LogP contribution in [0.1, 0.15) is 25.5 Å². The van der Waals surface area contributed by atoms with Gasteiger partial charge in [-0.2, -0.15) is 0 Å². The molecule has 0 radical (unpaired) electrons. The smallest absolute Gasteiger partial charge is 0.141 e. The molecule has 0 bridgehead atoms. The quantitative estimate of drug-likeness (QED) is 0.789. The molecule has 106 valence electrons. The molecule has 0 aromatic heterocycles. The predicted molar refractivity (Wildman–Crippen MR) is 83.9 cm³/mol. The van der Waals surface area contributed by atoms with E-state index in [9.17, 15) is 4.39 Å². The van der Waals surface area contributed by atoms with Crippen LogP contribution >= 0.6 is 23.2 Å². The minimum absolute atomic E-state index is 0.115. The summed E-state index contributed by atoms with van der Waals surface area (Å²) in [4.78, 5) is 0. The van der Waals surface area contributed by atoms with Crippen molar-refractivity contribution >= 4 is 23.2 Å². The maximum absolute atomic E-state index is 13.2. The summed E-state index contributed by atoms with van der Waals surface area (Å²) >= 11 is 12.1. The normalized spacial score (nSPS) is 12.4. The molecule has 0 aliphatic carbocycles. The topological polar surface area (TPSA) is 12.0 Å². The van der Waals surface area contributed by atoms with Gasteiger partial charge in [-0.05, 0) is 48.4 Å². The highest BCUT2D eigenvalue weighted by molar-refractivity contribution is 6.32. The molecule has 0 aliphatic rings. The van der Waals surface area contributed by atoms with Gasteiger partial charge in [0.05, 0.1) is 5.02 Å². The fraction of sp³-hybridized carbons (Fsp3) is 0.250. The van der Waals surface area contributed by atoms with Gasteiger partial charge in [-0.3, -0.25) is 0 Å². The summed E-state index contributed by atoms with van der Waals surface area (Å²) in [5, 5.41) is 4.13. The maximum Gasteiger partial charge on any atom is 0.141 e. The van der Waals surface area contributed by atoms with Gasteiger partial charge >= 0.3 is 0 Å². The summed E-state index contributed by atoms with van der Waals surface area (Å²) < 4.78 is 13.2. The fourth-order valence-corrected chi connectivity index (χ4v) is 2.67. The molecule has 0 heterocycles. The number of hydrogen-bond donors (Lipinski definition) is 1. The van der Waals surface area contributed by atoms with Crippen molar-refractivity contribution in [2.24, 2.45) is 0 Å². The molecule has 1 N–H and O–H groups in total. The van der Waals surface area contributed by atoms with Gasteiger partial charge < -0.3 is 5.32 Å². The summed E-state index contributed by atoms with van der Waals surface area (Å²) in [5.74, 6) is -0.418. The molecule has 0 saturated heterocycles. The number of halogens is 3. The maximum atomic E-state index is 13.2. The van der Waals surface area contributed by atoms with E-state index in [1.54, 1.807) is 12.1 Å². The highest BCUT2D eigenvalue weighted by Crippen LogP contribution is 2.30. The van der Waals surface area contributed by atoms with Crippen LogP contribution in [0.15, 0.2) is 36.4 Å². The molecular weight excluding hydrogens is 296 g/mol. The highest BCUT2D eigenvalue weighted by Gasteiger charge is 2.10. The zero-order chi connectivity index (χ0) is 14.7. The highest BCUT2D eigenvalue weighted by atomic mass is 35.5. The van der Waals surface area contributed by atoms with E-state index >= 15 is 0 Å². The van der Waals surface area contributed by atoms with E-state index in [2.05, 4.69) is 19.2 Å². The Bertz CT molecular complexity index is 613. The first-order valence-electron chi connectivity index (χ1n) is 6.51. The molecule has 0 spiro atoms. The van der Waals surface area contributed by atoms with Gasteiger partial charge in [0.15, 0.2) is 0 Å². The summed E-state index contributed by atoms with van der Waals surface area (Å²) in [7, 11) is 0. The van der Waals surface area contributed by atoms with E-state index in [4.69, 9.17) is 23.2 Å². The average Bonchev–Trinajstić information content (AvgIpc) is 2.42. The van der Waals surface area contributed by atoms with E-state index in [1.807, 2.05) is 18.2 Å². The van der Waals surface area contributed by atoms with Crippen LogP contribution in [0.3, 0.4) is 0 Å². The molecule has 4 heteroatoms. The Morgan fingerprint density at radius 3 is 2.20 bits per heavy atom. The molecule has 0 amide bonds. The summed E-state index contributed by atoms with van der Waals surface area (Å²) in [6.45, 7) is 5.01. The molecule has 2 rings (SSSR count). The van der Waals surface area contributed by atoms with Crippen molar-refractivity contribution in [3.63, 3.8) is 0 Å². The Labute approximate surface area is 128 Å². The van der Waals surface area contributed by atoms with Crippen molar-refractivity contribution in [3.05, 3.63) is 57.8 Å². The lowest BCUT2D eigenvalue weighted by Crippen LogP contribution is -2.17. The number of benzene rings is 2. The van der Waals surface area contributed by atoms with E-state index in [1.165, 1.54) is 6.07 Å². The SMILES string of the molecule is CCNC(C)c1ccc(-c2ccc(F)c(Cl)c2)cc1Cl. The third-order valence-electron chi connectivity index (χ3n) is 3.23. The molecule has 0 fully saturated rings. The van der Waals surface area contributed by atoms with Crippen LogP contribution in [0.25, 0.3) is 11.1 Å². The third-order valence-corrected chi connectivity index (χ3v) is 3.85. The van der Waals surface area contributed by atoms with Crippen LogP contribution in [0, 0.1) is 5.82 Å². The van der Waals surface area contributed by atoms with Gasteiger partial charge in [0.1, 0.15) is 5.82 Å². The molecule has 1 nitrogen and oxygen atoms in total. The van der Waals surface area contributed by atoms with E-state index in [0.29, 0.717) is 5.02 Å². The van der Waals surface area contributed by atoms with Crippen LogP contribution in [-0.2, 0) is 0 Å². The minimum Gasteiger partial charge on any atom is -0.310 e. The summed E-state index contributed by atoms with van der Waals surface area (Å²) in [6, 6.07) is 10.7. The van der Waals surface area contributed by atoms with Crippen molar-refractivity contribution in [1.29, 1.82) is 0 Å². The molecule has 20 heavy (non-hydrogen) atoms. The molecule has 0 saturated carbocycles. The first-order valence-corrected chi connectivity index (χ1v) is 7.26. The zero-order valence-electron chi connectivity index (χ0n) is 11.4. The molecule has 2 aromatic rings.